The Hall–Kier alpha value is -2.20. The SMILES string of the molecule is Cc1cccc(C)c1-c1nc(N)sc1-c1ccc(F)cc1. The molecule has 0 amide bonds. The third-order valence-electron chi connectivity index (χ3n) is 3.47. The molecule has 21 heavy (non-hydrogen) atoms. The average Bonchev–Trinajstić information content (AvgIpc) is 2.81. The monoisotopic (exact) mass is 298 g/mol. The fourth-order valence-electron chi connectivity index (χ4n) is 2.49. The van der Waals surface area contributed by atoms with Crippen LogP contribution in [-0.4, -0.2) is 4.98 Å². The summed E-state index contributed by atoms with van der Waals surface area (Å²) in [5.74, 6) is -0.246. The molecule has 2 nitrogen and oxygen atoms in total. The van der Waals surface area contributed by atoms with Gasteiger partial charge in [-0.1, -0.05) is 41.7 Å². The van der Waals surface area contributed by atoms with Crippen molar-refractivity contribution in [2.45, 2.75) is 13.8 Å². The molecule has 3 rings (SSSR count). The number of aryl methyl sites for hydroxylation is 2. The van der Waals surface area contributed by atoms with Crippen molar-refractivity contribution in [2.75, 3.05) is 5.73 Å². The molecule has 0 bridgehead atoms. The number of thiazole rings is 1. The van der Waals surface area contributed by atoms with Crippen molar-refractivity contribution in [3.8, 4) is 21.7 Å². The van der Waals surface area contributed by atoms with Gasteiger partial charge >= 0.3 is 0 Å². The lowest BCUT2D eigenvalue weighted by atomic mass is 9.98. The van der Waals surface area contributed by atoms with Gasteiger partial charge in [-0.05, 0) is 42.7 Å². The summed E-state index contributed by atoms with van der Waals surface area (Å²) in [5.41, 5.74) is 11.1. The number of anilines is 1. The Morgan fingerprint density at radius 3 is 2.24 bits per heavy atom. The molecule has 0 spiro atoms. The molecular formula is C17H15FN2S. The van der Waals surface area contributed by atoms with Gasteiger partial charge in [0.05, 0.1) is 10.6 Å². The van der Waals surface area contributed by atoms with Crippen LogP contribution in [0, 0.1) is 19.7 Å². The Balaban J connectivity index is 2.23. The first-order valence-corrected chi connectivity index (χ1v) is 7.46. The number of nitrogens with zero attached hydrogens (tertiary/aromatic N) is 1. The summed E-state index contributed by atoms with van der Waals surface area (Å²) in [4.78, 5) is 5.48. The normalized spacial score (nSPS) is 10.8. The first-order valence-electron chi connectivity index (χ1n) is 6.65. The summed E-state index contributed by atoms with van der Waals surface area (Å²) >= 11 is 1.43. The van der Waals surface area contributed by atoms with E-state index in [1.807, 2.05) is 6.07 Å². The molecule has 0 aliphatic heterocycles. The fraction of sp³-hybridized carbons (Fsp3) is 0.118. The van der Waals surface area contributed by atoms with Crippen molar-refractivity contribution in [3.05, 3.63) is 59.4 Å². The summed E-state index contributed by atoms with van der Waals surface area (Å²) < 4.78 is 13.1. The highest BCUT2D eigenvalue weighted by molar-refractivity contribution is 7.19. The van der Waals surface area contributed by atoms with Crippen LogP contribution in [0.1, 0.15) is 11.1 Å². The highest BCUT2D eigenvalue weighted by Crippen LogP contribution is 2.40. The number of benzene rings is 2. The number of nitrogen functional groups attached to an aromatic ring is 1. The molecule has 0 aliphatic rings. The van der Waals surface area contributed by atoms with Crippen molar-refractivity contribution in [1.29, 1.82) is 0 Å². The van der Waals surface area contributed by atoms with Crippen LogP contribution in [0.15, 0.2) is 42.5 Å². The second kappa shape index (κ2) is 5.30. The van der Waals surface area contributed by atoms with Crippen LogP contribution in [0.5, 0.6) is 0 Å². The van der Waals surface area contributed by atoms with Gasteiger partial charge in [0.2, 0.25) is 0 Å². The molecule has 3 aromatic rings. The van der Waals surface area contributed by atoms with Crippen molar-refractivity contribution >= 4 is 16.5 Å². The van der Waals surface area contributed by atoms with E-state index in [1.165, 1.54) is 23.5 Å². The molecule has 0 saturated heterocycles. The predicted molar refractivity (Wildman–Crippen MR) is 86.8 cm³/mol. The van der Waals surface area contributed by atoms with E-state index >= 15 is 0 Å². The van der Waals surface area contributed by atoms with Crippen LogP contribution >= 0.6 is 11.3 Å². The van der Waals surface area contributed by atoms with Crippen LogP contribution in [0.3, 0.4) is 0 Å². The molecule has 1 aromatic heterocycles. The fourth-order valence-corrected chi connectivity index (χ4v) is 3.34. The van der Waals surface area contributed by atoms with Gasteiger partial charge in [0.25, 0.3) is 0 Å². The Labute approximate surface area is 127 Å². The zero-order chi connectivity index (χ0) is 15.0. The van der Waals surface area contributed by atoms with Crippen molar-refractivity contribution in [1.82, 2.24) is 4.98 Å². The van der Waals surface area contributed by atoms with Crippen molar-refractivity contribution in [3.63, 3.8) is 0 Å². The van der Waals surface area contributed by atoms with E-state index in [0.29, 0.717) is 5.13 Å². The van der Waals surface area contributed by atoms with Gasteiger partial charge in [-0.15, -0.1) is 0 Å². The maximum atomic E-state index is 13.1. The summed E-state index contributed by atoms with van der Waals surface area (Å²) in [5, 5.41) is 0.520. The third kappa shape index (κ3) is 2.54. The van der Waals surface area contributed by atoms with Crippen LogP contribution < -0.4 is 5.73 Å². The maximum absolute atomic E-state index is 13.1. The maximum Gasteiger partial charge on any atom is 0.181 e. The summed E-state index contributed by atoms with van der Waals surface area (Å²) in [7, 11) is 0. The minimum absolute atomic E-state index is 0.246. The highest BCUT2D eigenvalue weighted by atomic mass is 32.1. The standard InChI is InChI=1S/C17H15FN2S/c1-10-4-3-5-11(2)14(10)15-16(21-17(19)20-15)12-6-8-13(18)9-7-12/h3-9H,1-2H3,(H2,19,20). The van der Waals surface area contributed by atoms with Gasteiger partial charge in [-0.2, -0.15) is 0 Å². The van der Waals surface area contributed by atoms with E-state index in [4.69, 9.17) is 5.73 Å². The van der Waals surface area contributed by atoms with E-state index in [1.54, 1.807) is 12.1 Å². The molecule has 4 heteroatoms. The van der Waals surface area contributed by atoms with Crippen LogP contribution in [0.2, 0.25) is 0 Å². The van der Waals surface area contributed by atoms with Crippen molar-refractivity contribution < 1.29 is 4.39 Å². The van der Waals surface area contributed by atoms with Gasteiger partial charge < -0.3 is 5.73 Å². The number of aromatic nitrogens is 1. The largest absolute Gasteiger partial charge is 0.375 e. The Morgan fingerprint density at radius 2 is 1.62 bits per heavy atom. The summed E-state index contributed by atoms with van der Waals surface area (Å²) in [6.45, 7) is 4.12. The first kappa shape index (κ1) is 13.8. The number of nitrogens with two attached hydrogens (primary N) is 1. The van der Waals surface area contributed by atoms with E-state index in [-0.39, 0.29) is 5.82 Å². The molecule has 0 saturated carbocycles. The Morgan fingerprint density at radius 1 is 1.00 bits per heavy atom. The lowest BCUT2D eigenvalue weighted by Gasteiger charge is -2.09. The molecule has 1 heterocycles. The number of hydrogen-bond donors (Lipinski definition) is 1. The van der Waals surface area contributed by atoms with E-state index in [2.05, 4.69) is 31.0 Å². The minimum Gasteiger partial charge on any atom is -0.375 e. The van der Waals surface area contributed by atoms with Crippen LogP contribution in [-0.2, 0) is 0 Å². The number of rotatable bonds is 2. The smallest absolute Gasteiger partial charge is 0.181 e. The van der Waals surface area contributed by atoms with Crippen molar-refractivity contribution in [2.24, 2.45) is 0 Å². The summed E-state index contributed by atoms with van der Waals surface area (Å²) in [6.07, 6.45) is 0. The first-order chi connectivity index (χ1) is 10.1. The second-order valence-electron chi connectivity index (χ2n) is 5.00. The lowest BCUT2D eigenvalue weighted by Crippen LogP contribution is -1.91. The van der Waals surface area contributed by atoms with Gasteiger partial charge in [-0.3, -0.25) is 0 Å². The minimum atomic E-state index is -0.246. The second-order valence-corrected chi connectivity index (χ2v) is 6.03. The van der Waals surface area contributed by atoms with Gasteiger partial charge in [-0.25, -0.2) is 9.37 Å². The van der Waals surface area contributed by atoms with Gasteiger partial charge in [0.15, 0.2) is 5.13 Å². The van der Waals surface area contributed by atoms with Crippen LogP contribution in [0.25, 0.3) is 21.7 Å². The quantitative estimate of drug-likeness (QED) is 0.737. The molecule has 0 aliphatic carbocycles. The molecule has 0 fully saturated rings. The zero-order valence-electron chi connectivity index (χ0n) is 11.9. The molecule has 0 radical (unpaired) electrons. The predicted octanol–water partition coefficient (Wildman–Crippen LogP) is 4.82. The molecule has 106 valence electrons. The molecule has 2 aromatic carbocycles. The van der Waals surface area contributed by atoms with E-state index < -0.39 is 0 Å². The lowest BCUT2D eigenvalue weighted by molar-refractivity contribution is 0.628. The Kier molecular flexibility index (Phi) is 3.47. The molecule has 0 atom stereocenters. The Bertz CT molecular complexity index is 771. The molecular weight excluding hydrogens is 283 g/mol. The van der Waals surface area contributed by atoms with E-state index in [9.17, 15) is 4.39 Å². The summed E-state index contributed by atoms with van der Waals surface area (Å²) in [6, 6.07) is 12.6. The van der Waals surface area contributed by atoms with E-state index in [0.717, 1.165) is 32.8 Å². The highest BCUT2D eigenvalue weighted by Gasteiger charge is 2.17. The average molecular weight is 298 g/mol. The third-order valence-corrected chi connectivity index (χ3v) is 4.40. The topological polar surface area (TPSA) is 38.9 Å². The van der Waals surface area contributed by atoms with Gasteiger partial charge in [0.1, 0.15) is 5.82 Å². The molecule has 0 unspecified atom stereocenters. The number of hydrogen-bond acceptors (Lipinski definition) is 3. The van der Waals surface area contributed by atoms with Crippen LogP contribution in [0.4, 0.5) is 9.52 Å². The number of halogens is 1. The zero-order valence-corrected chi connectivity index (χ0v) is 12.7. The molecule has 2 N–H and O–H groups in total. The van der Waals surface area contributed by atoms with Gasteiger partial charge in [0, 0.05) is 5.56 Å².